The Morgan fingerprint density at radius 3 is 2.14 bits per heavy atom. The maximum atomic E-state index is 12.5. The Morgan fingerprint density at radius 2 is 1.71 bits per heavy atom. The highest BCUT2D eigenvalue weighted by Crippen LogP contribution is 2.25. The number of nitrogen functional groups attached to an aromatic ring is 1. The molecule has 0 fully saturated rings. The SMILES string of the molecule is Cl.Nc1cc(F)cc(OC(F)(F)F)c1. The number of hydrogen-bond acceptors (Lipinski definition) is 2. The van der Waals surface area contributed by atoms with Crippen LogP contribution in [0.15, 0.2) is 18.2 Å². The van der Waals surface area contributed by atoms with Gasteiger partial charge in [0.2, 0.25) is 0 Å². The van der Waals surface area contributed by atoms with Gasteiger partial charge in [0, 0.05) is 17.8 Å². The van der Waals surface area contributed by atoms with Crippen LogP contribution in [-0.4, -0.2) is 6.36 Å². The maximum absolute atomic E-state index is 12.5. The van der Waals surface area contributed by atoms with Crippen molar-refractivity contribution in [1.29, 1.82) is 0 Å². The molecule has 0 amide bonds. The Morgan fingerprint density at radius 1 is 1.14 bits per heavy atom. The van der Waals surface area contributed by atoms with E-state index in [2.05, 4.69) is 4.74 Å². The molecule has 0 heterocycles. The highest BCUT2D eigenvalue weighted by Gasteiger charge is 2.31. The molecule has 1 rings (SSSR count). The Labute approximate surface area is 83.1 Å². The van der Waals surface area contributed by atoms with Crippen molar-refractivity contribution >= 4 is 18.1 Å². The van der Waals surface area contributed by atoms with E-state index in [0.29, 0.717) is 6.07 Å². The third-order valence-corrected chi connectivity index (χ3v) is 1.13. The highest BCUT2D eigenvalue weighted by molar-refractivity contribution is 5.85. The minimum Gasteiger partial charge on any atom is -0.406 e. The number of ether oxygens (including phenoxy) is 1. The number of hydrogen-bond donors (Lipinski definition) is 1. The van der Waals surface area contributed by atoms with E-state index in [1.807, 2.05) is 0 Å². The zero-order valence-electron chi connectivity index (χ0n) is 6.64. The van der Waals surface area contributed by atoms with Crippen LogP contribution in [-0.2, 0) is 0 Å². The summed E-state index contributed by atoms with van der Waals surface area (Å²) < 4.78 is 50.8. The second-order valence-electron chi connectivity index (χ2n) is 2.27. The Kier molecular flexibility index (Phi) is 4.00. The number of anilines is 1. The molecule has 0 atom stereocenters. The standard InChI is InChI=1S/C7H5F4NO.ClH/c8-4-1-5(12)3-6(2-4)13-7(9,10)11;/h1-3H,12H2;1H. The molecule has 0 aliphatic heterocycles. The van der Waals surface area contributed by atoms with E-state index in [1.165, 1.54) is 0 Å². The summed E-state index contributed by atoms with van der Waals surface area (Å²) >= 11 is 0. The van der Waals surface area contributed by atoms with Crippen molar-refractivity contribution in [2.75, 3.05) is 5.73 Å². The molecular weight excluding hydrogens is 226 g/mol. The number of alkyl halides is 3. The topological polar surface area (TPSA) is 35.2 Å². The molecule has 1 aromatic rings. The van der Waals surface area contributed by atoms with Crippen molar-refractivity contribution in [3.05, 3.63) is 24.0 Å². The minimum atomic E-state index is -4.83. The van der Waals surface area contributed by atoms with Crippen LogP contribution in [0, 0.1) is 5.82 Å². The summed E-state index contributed by atoms with van der Waals surface area (Å²) in [5.41, 5.74) is 4.97. The zero-order valence-corrected chi connectivity index (χ0v) is 7.45. The monoisotopic (exact) mass is 231 g/mol. The summed E-state index contributed by atoms with van der Waals surface area (Å²) in [7, 11) is 0. The summed E-state index contributed by atoms with van der Waals surface area (Å²) in [6.07, 6.45) is -4.83. The lowest BCUT2D eigenvalue weighted by molar-refractivity contribution is -0.274. The van der Waals surface area contributed by atoms with E-state index in [1.54, 1.807) is 0 Å². The summed E-state index contributed by atoms with van der Waals surface area (Å²) in [6.45, 7) is 0. The minimum absolute atomic E-state index is 0. The van der Waals surface area contributed by atoms with Crippen molar-refractivity contribution < 1.29 is 22.3 Å². The van der Waals surface area contributed by atoms with Crippen molar-refractivity contribution in [3.63, 3.8) is 0 Å². The molecule has 0 unspecified atom stereocenters. The Bertz CT molecular complexity index is 295. The van der Waals surface area contributed by atoms with E-state index in [4.69, 9.17) is 5.73 Å². The van der Waals surface area contributed by atoms with E-state index in [0.717, 1.165) is 12.1 Å². The van der Waals surface area contributed by atoms with Crippen LogP contribution in [0.5, 0.6) is 5.75 Å². The lowest BCUT2D eigenvalue weighted by Crippen LogP contribution is -2.17. The summed E-state index contributed by atoms with van der Waals surface area (Å²) in [5.74, 6) is -1.54. The number of nitrogens with two attached hydrogens (primary N) is 1. The first-order valence-electron chi connectivity index (χ1n) is 3.18. The van der Waals surface area contributed by atoms with Crippen molar-refractivity contribution in [2.45, 2.75) is 6.36 Å². The fourth-order valence-electron chi connectivity index (χ4n) is 0.777. The molecule has 0 aliphatic rings. The number of halogens is 5. The van der Waals surface area contributed by atoms with Crippen LogP contribution >= 0.6 is 12.4 Å². The van der Waals surface area contributed by atoms with Gasteiger partial charge in [-0.05, 0) is 6.07 Å². The van der Waals surface area contributed by atoms with Crippen LogP contribution in [0.1, 0.15) is 0 Å². The predicted molar refractivity (Wildman–Crippen MR) is 44.7 cm³/mol. The molecule has 0 saturated carbocycles. The van der Waals surface area contributed by atoms with E-state index in [-0.39, 0.29) is 18.1 Å². The van der Waals surface area contributed by atoms with Crippen molar-refractivity contribution in [1.82, 2.24) is 0 Å². The zero-order chi connectivity index (χ0) is 10.1. The molecule has 2 N–H and O–H groups in total. The van der Waals surface area contributed by atoms with Gasteiger partial charge in [-0.15, -0.1) is 25.6 Å². The molecule has 2 nitrogen and oxygen atoms in total. The fraction of sp³-hybridized carbons (Fsp3) is 0.143. The number of benzene rings is 1. The third kappa shape index (κ3) is 4.18. The second-order valence-corrected chi connectivity index (χ2v) is 2.27. The van der Waals surface area contributed by atoms with Crippen LogP contribution < -0.4 is 10.5 Å². The van der Waals surface area contributed by atoms with Crippen molar-refractivity contribution in [3.8, 4) is 5.75 Å². The normalized spacial score (nSPS) is 10.6. The Hall–Kier alpha value is -1.17. The second kappa shape index (κ2) is 4.36. The third-order valence-electron chi connectivity index (χ3n) is 1.13. The molecule has 0 saturated heterocycles. The van der Waals surface area contributed by atoms with Gasteiger partial charge in [0.1, 0.15) is 11.6 Å². The van der Waals surface area contributed by atoms with Gasteiger partial charge < -0.3 is 10.5 Å². The van der Waals surface area contributed by atoms with Gasteiger partial charge in [0.05, 0.1) is 0 Å². The quantitative estimate of drug-likeness (QED) is 0.596. The van der Waals surface area contributed by atoms with E-state index in [9.17, 15) is 17.6 Å². The van der Waals surface area contributed by atoms with E-state index >= 15 is 0 Å². The van der Waals surface area contributed by atoms with Crippen LogP contribution in [0.25, 0.3) is 0 Å². The van der Waals surface area contributed by atoms with Crippen LogP contribution in [0.4, 0.5) is 23.2 Å². The molecule has 80 valence electrons. The molecule has 1 aromatic carbocycles. The van der Waals surface area contributed by atoms with Gasteiger partial charge in [0.25, 0.3) is 0 Å². The Balaban J connectivity index is 0.00000169. The van der Waals surface area contributed by atoms with E-state index < -0.39 is 17.9 Å². The largest absolute Gasteiger partial charge is 0.573 e. The summed E-state index contributed by atoms with van der Waals surface area (Å²) in [5, 5.41) is 0. The molecular formula is C7H6ClF4NO. The van der Waals surface area contributed by atoms with Crippen LogP contribution in [0.2, 0.25) is 0 Å². The molecule has 14 heavy (non-hydrogen) atoms. The average molecular weight is 232 g/mol. The molecule has 0 aromatic heterocycles. The van der Waals surface area contributed by atoms with Gasteiger partial charge in [-0.25, -0.2) is 4.39 Å². The fourth-order valence-corrected chi connectivity index (χ4v) is 0.777. The lowest BCUT2D eigenvalue weighted by Gasteiger charge is -2.08. The molecule has 0 radical (unpaired) electrons. The van der Waals surface area contributed by atoms with Gasteiger partial charge >= 0.3 is 6.36 Å². The first-order chi connectivity index (χ1) is 5.87. The first-order valence-corrected chi connectivity index (χ1v) is 3.18. The molecule has 0 spiro atoms. The summed E-state index contributed by atoms with van der Waals surface area (Å²) in [6, 6.07) is 2.38. The van der Waals surface area contributed by atoms with Gasteiger partial charge in [0.15, 0.2) is 0 Å². The summed E-state index contributed by atoms with van der Waals surface area (Å²) in [4.78, 5) is 0. The van der Waals surface area contributed by atoms with Gasteiger partial charge in [-0.1, -0.05) is 0 Å². The highest BCUT2D eigenvalue weighted by atomic mass is 35.5. The molecule has 0 aliphatic carbocycles. The van der Waals surface area contributed by atoms with Gasteiger partial charge in [-0.2, -0.15) is 0 Å². The average Bonchev–Trinajstić information content (AvgIpc) is 1.78. The number of rotatable bonds is 1. The van der Waals surface area contributed by atoms with Crippen molar-refractivity contribution in [2.24, 2.45) is 0 Å². The molecule has 7 heteroatoms. The predicted octanol–water partition coefficient (Wildman–Crippen LogP) is 2.73. The smallest absolute Gasteiger partial charge is 0.406 e. The van der Waals surface area contributed by atoms with Gasteiger partial charge in [-0.3, -0.25) is 0 Å². The molecule has 0 bridgehead atoms. The van der Waals surface area contributed by atoms with Crippen LogP contribution in [0.3, 0.4) is 0 Å². The first kappa shape index (κ1) is 12.8. The lowest BCUT2D eigenvalue weighted by atomic mass is 10.3. The maximum Gasteiger partial charge on any atom is 0.573 e.